The largest absolute Gasteiger partial charge is 0.383 e. The number of hydrogen-bond acceptors (Lipinski definition) is 3. The molecule has 0 saturated heterocycles. The highest BCUT2D eigenvalue weighted by molar-refractivity contribution is 5.30. The first kappa shape index (κ1) is 14.3. The summed E-state index contributed by atoms with van der Waals surface area (Å²) >= 11 is 0. The van der Waals surface area contributed by atoms with E-state index in [2.05, 4.69) is 18.3 Å². The fourth-order valence-corrected chi connectivity index (χ4v) is 2.77. The van der Waals surface area contributed by atoms with Crippen molar-refractivity contribution in [1.29, 1.82) is 0 Å². The second kappa shape index (κ2) is 6.87. The summed E-state index contributed by atoms with van der Waals surface area (Å²) in [6, 6.07) is 2.11. The maximum absolute atomic E-state index is 12.5. The summed E-state index contributed by atoms with van der Waals surface area (Å²) in [6.45, 7) is 5.05. The fourth-order valence-electron chi connectivity index (χ4n) is 2.77. The molecular formula is C15H24N2O2. The molecule has 1 aromatic heterocycles. The van der Waals surface area contributed by atoms with Gasteiger partial charge < -0.3 is 14.6 Å². The Balaban J connectivity index is 2.19. The lowest BCUT2D eigenvalue weighted by atomic mass is 10.1. The molecule has 0 amide bonds. The molecule has 1 aromatic rings. The van der Waals surface area contributed by atoms with E-state index < -0.39 is 0 Å². The number of nitrogens with zero attached hydrogens (tertiary/aromatic N) is 1. The van der Waals surface area contributed by atoms with Crippen molar-refractivity contribution in [3.8, 4) is 0 Å². The predicted octanol–water partition coefficient (Wildman–Crippen LogP) is 1.48. The molecule has 0 aliphatic heterocycles. The highest BCUT2D eigenvalue weighted by Crippen LogP contribution is 2.21. The number of fused-ring (bicyclic) bond motifs is 1. The average molecular weight is 264 g/mol. The van der Waals surface area contributed by atoms with E-state index in [4.69, 9.17) is 4.74 Å². The Morgan fingerprint density at radius 2 is 2.26 bits per heavy atom. The van der Waals surface area contributed by atoms with E-state index >= 15 is 0 Å². The smallest absolute Gasteiger partial charge is 0.255 e. The van der Waals surface area contributed by atoms with Gasteiger partial charge in [0.1, 0.15) is 0 Å². The minimum Gasteiger partial charge on any atom is -0.383 e. The summed E-state index contributed by atoms with van der Waals surface area (Å²) < 4.78 is 7.00. The van der Waals surface area contributed by atoms with E-state index in [0.29, 0.717) is 13.2 Å². The van der Waals surface area contributed by atoms with Crippen molar-refractivity contribution in [3.05, 3.63) is 33.2 Å². The first-order valence-corrected chi connectivity index (χ1v) is 7.22. The monoisotopic (exact) mass is 264 g/mol. The van der Waals surface area contributed by atoms with Crippen LogP contribution in [0.1, 0.15) is 36.6 Å². The molecule has 4 heteroatoms. The fraction of sp³-hybridized carbons (Fsp3) is 0.667. The number of nitrogens with one attached hydrogen (secondary N) is 1. The average Bonchev–Trinajstić information content (AvgIpc) is 2.87. The van der Waals surface area contributed by atoms with Crippen molar-refractivity contribution in [3.63, 3.8) is 0 Å². The van der Waals surface area contributed by atoms with E-state index in [1.165, 1.54) is 17.7 Å². The topological polar surface area (TPSA) is 43.3 Å². The summed E-state index contributed by atoms with van der Waals surface area (Å²) in [5, 5.41) is 3.27. The van der Waals surface area contributed by atoms with Gasteiger partial charge in [-0.25, -0.2) is 0 Å². The number of ether oxygens (including phenoxy) is 1. The summed E-state index contributed by atoms with van der Waals surface area (Å²) in [7, 11) is 1.69. The van der Waals surface area contributed by atoms with Crippen LogP contribution in [0.2, 0.25) is 0 Å². The zero-order valence-corrected chi connectivity index (χ0v) is 12.0. The van der Waals surface area contributed by atoms with Gasteiger partial charge >= 0.3 is 0 Å². The molecule has 2 rings (SSSR count). The highest BCUT2D eigenvalue weighted by atomic mass is 16.5. The van der Waals surface area contributed by atoms with E-state index in [1.807, 2.05) is 4.57 Å². The van der Waals surface area contributed by atoms with Gasteiger partial charge in [0, 0.05) is 38.0 Å². The lowest BCUT2D eigenvalue weighted by Gasteiger charge is -2.14. The number of methoxy groups -OCH3 is 1. The van der Waals surface area contributed by atoms with Crippen molar-refractivity contribution >= 4 is 0 Å². The van der Waals surface area contributed by atoms with Gasteiger partial charge in [0.25, 0.3) is 5.56 Å². The van der Waals surface area contributed by atoms with Crippen molar-refractivity contribution in [2.24, 2.45) is 0 Å². The van der Waals surface area contributed by atoms with Gasteiger partial charge in [0.05, 0.1) is 6.61 Å². The molecule has 0 saturated carbocycles. The molecule has 1 heterocycles. The molecule has 1 N–H and O–H groups in total. The van der Waals surface area contributed by atoms with Crippen LogP contribution in [-0.4, -0.2) is 24.8 Å². The van der Waals surface area contributed by atoms with Gasteiger partial charge in [-0.3, -0.25) is 4.79 Å². The van der Waals surface area contributed by atoms with Crippen molar-refractivity contribution in [1.82, 2.24) is 9.88 Å². The number of hydrogen-bond donors (Lipinski definition) is 1. The molecule has 1 aliphatic rings. The van der Waals surface area contributed by atoms with Crippen molar-refractivity contribution in [2.45, 2.75) is 45.7 Å². The number of aryl methyl sites for hydroxylation is 1. The minimum atomic E-state index is 0.187. The standard InChI is InChI=1S/C15H24N2O2/c1-3-8-17-14-6-4-5-12(14)10-13(15(17)18)11-16-7-9-19-2/h10,16H,3-9,11H2,1-2H3. The molecule has 1 aliphatic carbocycles. The lowest BCUT2D eigenvalue weighted by molar-refractivity contribution is 0.199. The van der Waals surface area contributed by atoms with E-state index in [0.717, 1.165) is 37.9 Å². The number of rotatable bonds is 7. The Kier molecular flexibility index (Phi) is 5.16. The molecular weight excluding hydrogens is 240 g/mol. The first-order chi connectivity index (χ1) is 9.27. The molecule has 0 unspecified atom stereocenters. The van der Waals surface area contributed by atoms with Crippen LogP contribution < -0.4 is 10.9 Å². The van der Waals surface area contributed by atoms with Gasteiger partial charge in [-0.1, -0.05) is 6.92 Å². The molecule has 0 bridgehead atoms. The van der Waals surface area contributed by atoms with E-state index in [-0.39, 0.29) is 5.56 Å². The molecule has 19 heavy (non-hydrogen) atoms. The Labute approximate surface area is 114 Å². The normalized spacial score (nSPS) is 13.8. The van der Waals surface area contributed by atoms with Gasteiger partial charge in [0.15, 0.2) is 0 Å². The van der Waals surface area contributed by atoms with Crippen molar-refractivity contribution in [2.75, 3.05) is 20.3 Å². The second-order valence-corrected chi connectivity index (χ2v) is 5.12. The van der Waals surface area contributed by atoms with Crippen LogP contribution >= 0.6 is 0 Å². The molecule has 0 spiro atoms. The molecule has 0 atom stereocenters. The van der Waals surface area contributed by atoms with Gasteiger partial charge in [-0.05, 0) is 37.3 Å². The Morgan fingerprint density at radius 3 is 3.00 bits per heavy atom. The minimum absolute atomic E-state index is 0.187. The van der Waals surface area contributed by atoms with Crippen molar-refractivity contribution < 1.29 is 4.74 Å². The zero-order valence-electron chi connectivity index (χ0n) is 12.0. The van der Waals surface area contributed by atoms with Crippen LogP contribution in [0, 0.1) is 0 Å². The zero-order chi connectivity index (χ0) is 13.7. The number of pyridine rings is 1. The summed E-state index contributed by atoms with van der Waals surface area (Å²) in [4.78, 5) is 12.5. The summed E-state index contributed by atoms with van der Waals surface area (Å²) in [5.41, 5.74) is 3.72. The predicted molar refractivity (Wildman–Crippen MR) is 76.6 cm³/mol. The Morgan fingerprint density at radius 1 is 1.42 bits per heavy atom. The maximum Gasteiger partial charge on any atom is 0.255 e. The highest BCUT2D eigenvalue weighted by Gasteiger charge is 2.18. The van der Waals surface area contributed by atoms with Crippen LogP contribution in [0.5, 0.6) is 0 Å². The third-order valence-electron chi connectivity index (χ3n) is 3.67. The van der Waals surface area contributed by atoms with Crippen LogP contribution in [-0.2, 0) is 30.7 Å². The summed E-state index contributed by atoms with van der Waals surface area (Å²) in [5.74, 6) is 0. The molecule has 106 valence electrons. The first-order valence-electron chi connectivity index (χ1n) is 7.22. The maximum atomic E-state index is 12.5. The van der Waals surface area contributed by atoms with Gasteiger partial charge in [-0.2, -0.15) is 0 Å². The van der Waals surface area contributed by atoms with Crippen LogP contribution in [0.15, 0.2) is 10.9 Å². The van der Waals surface area contributed by atoms with Gasteiger partial charge in [0.2, 0.25) is 0 Å². The Bertz CT molecular complexity index is 480. The number of aromatic nitrogens is 1. The van der Waals surface area contributed by atoms with Crippen LogP contribution in [0.4, 0.5) is 0 Å². The lowest BCUT2D eigenvalue weighted by Crippen LogP contribution is -2.30. The molecule has 4 nitrogen and oxygen atoms in total. The van der Waals surface area contributed by atoms with E-state index in [9.17, 15) is 4.79 Å². The molecule has 0 fully saturated rings. The second-order valence-electron chi connectivity index (χ2n) is 5.12. The third-order valence-corrected chi connectivity index (χ3v) is 3.67. The molecule has 0 aromatic carbocycles. The third kappa shape index (κ3) is 3.25. The molecule has 0 radical (unpaired) electrons. The quantitative estimate of drug-likeness (QED) is 0.759. The van der Waals surface area contributed by atoms with Crippen LogP contribution in [0.25, 0.3) is 0 Å². The van der Waals surface area contributed by atoms with Crippen LogP contribution in [0.3, 0.4) is 0 Å². The summed E-state index contributed by atoms with van der Waals surface area (Å²) in [6.07, 6.45) is 4.36. The SMILES string of the molecule is CCCn1c2c(cc(CNCCOC)c1=O)CCC2. The van der Waals surface area contributed by atoms with Gasteiger partial charge in [-0.15, -0.1) is 0 Å². The Hall–Kier alpha value is -1.13. The van der Waals surface area contributed by atoms with E-state index in [1.54, 1.807) is 7.11 Å².